The number of aryl methyl sites for hydroxylation is 1. The van der Waals surface area contributed by atoms with Crippen LogP contribution in [-0.2, 0) is 22.6 Å². The van der Waals surface area contributed by atoms with Crippen LogP contribution in [-0.4, -0.2) is 50.1 Å². The van der Waals surface area contributed by atoms with E-state index in [1.165, 1.54) is 0 Å². The molecule has 0 saturated carbocycles. The summed E-state index contributed by atoms with van der Waals surface area (Å²) in [6, 6.07) is 22.0. The fourth-order valence-corrected chi connectivity index (χ4v) is 4.04. The third kappa shape index (κ3) is 8.26. The van der Waals surface area contributed by atoms with Gasteiger partial charge in [-0.15, -0.1) is 0 Å². The van der Waals surface area contributed by atoms with E-state index in [-0.39, 0.29) is 30.9 Å². The standard InChI is InChI=1S/C31H38N2O5/c1-22(2)19-32-31(35)29(15-24-12-7-6-8-13-24)33(20-25-14-10-9-11-23(25)3)30(34)21-38-28-17-26(36-4)16-27(18-28)37-5/h6-14,16-18,22,29H,15,19-21H2,1-5H3,(H,32,35). The van der Waals surface area contributed by atoms with Crippen LogP contribution in [0.1, 0.15) is 30.5 Å². The topological polar surface area (TPSA) is 77.1 Å². The highest BCUT2D eigenvalue weighted by Crippen LogP contribution is 2.27. The van der Waals surface area contributed by atoms with Gasteiger partial charge in [0, 0.05) is 37.7 Å². The second kappa shape index (κ2) is 14.1. The molecule has 1 atom stereocenters. The van der Waals surface area contributed by atoms with Crippen LogP contribution < -0.4 is 19.5 Å². The van der Waals surface area contributed by atoms with E-state index in [0.717, 1.165) is 16.7 Å². The van der Waals surface area contributed by atoms with E-state index >= 15 is 0 Å². The Morgan fingerprint density at radius 3 is 2.08 bits per heavy atom. The van der Waals surface area contributed by atoms with Crippen LogP contribution in [0.3, 0.4) is 0 Å². The van der Waals surface area contributed by atoms with Crippen molar-refractivity contribution < 1.29 is 23.8 Å². The highest BCUT2D eigenvalue weighted by atomic mass is 16.5. The lowest BCUT2D eigenvalue weighted by Gasteiger charge is -2.32. The van der Waals surface area contributed by atoms with Gasteiger partial charge < -0.3 is 24.4 Å². The number of hydrogen-bond donors (Lipinski definition) is 1. The molecule has 0 bridgehead atoms. The summed E-state index contributed by atoms with van der Waals surface area (Å²) >= 11 is 0. The Bertz CT molecular complexity index is 1170. The Balaban J connectivity index is 1.92. The molecule has 7 nitrogen and oxygen atoms in total. The molecule has 7 heteroatoms. The smallest absolute Gasteiger partial charge is 0.261 e. The SMILES string of the molecule is COc1cc(OC)cc(OCC(=O)N(Cc2ccccc2C)C(Cc2ccccc2)C(=O)NCC(C)C)c1. The first-order valence-electron chi connectivity index (χ1n) is 12.8. The first-order valence-corrected chi connectivity index (χ1v) is 12.8. The molecule has 0 aromatic heterocycles. The number of rotatable bonds is 13. The van der Waals surface area contributed by atoms with Gasteiger partial charge in [0.1, 0.15) is 23.3 Å². The van der Waals surface area contributed by atoms with Crippen molar-refractivity contribution in [2.24, 2.45) is 5.92 Å². The number of carbonyl (C=O) groups is 2. The Hall–Kier alpha value is -4.00. The second-order valence-electron chi connectivity index (χ2n) is 9.63. The van der Waals surface area contributed by atoms with Gasteiger partial charge in [-0.1, -0.05) is 68.4 Å². The van der Waals surface area contributed by atoms with E-state index in [1.54, 1.807) is 37.3 Å². The van der Waals surface area contributed by atoms with Crippen LogP contribution in [0.2, 0.25) is 0 Å². The van der Waals surface area contributed by atoms with E-state index in [2.05, 4.69) is 5.32 Å². The number of nitrogens with one attached hydrogen (secondary N) is 1. The third-order valence-corrected chi connectivity index (χ3v) is 6.24. The molecule has 3 aromatic carbocycles. The Kier molecular flexibility index (Phi) is 10.6. The average Bonchev–Trinajstić information content (AvgIpc) is 2.93. The van der Waals surface area contributed by atoms with Gasteiger partial charge in [-0.2, -0.15) is 0 Å². The third-order valence-electron chi connectivity index (χ3n) is 6.24. The zero-order chi connectivity index (χ0) is 27.5. The number of hydrogen-bond acceptors (Lipinski definition) is 5. The van der Waals surface area contributed by atoms with E-state index < -0.39 is 6.04 Å². The minimum atomic E-state index is -0.716. The lowest BCUT2D eigenvalue weighted by molar-refractivity contribution is -0.142. The van der Waals surface area contributed by atoms with Crippen molar-refractivity contribution >= 4 is 11.8 Å². The molecular weight excluding hydrogens is 480 g/mol. The van der Waals surface area contributed by atoms with E-state index in [4.69, 9.17) is 14.2 Å². The monoisotopic (exact) mass is 518 g/mol. The lowest BCUT2D eigenvalue weighted by Crippen LogP contribution is -2.52. The maximum absolute atomic E-state index is 13.8. The van der Waals surface area contributed by atoms with Gasteiger partial charge in [-0.05, 0) is 29.5 Å². The van der Waals surface area contributed by atoms with Crippen LogP contribution in [0, 0.1) is 12.8 Å². The molecule has 38 heavy (non-hydrogen) atoms. The normalized spacial score (nSPS) is 11.5. The van der Waals surface area contributed by atoms with Crippen LogP contribution in [0.25, 0.3) is 0 Å². The van der Waals surface area contributed by atoms with Gasteiger partial charge in [0.05, 0.1) is 14.2 Å². The molecule has 1 unspecified atom stereocenters. The molecule has 2 amide bonds. The van der Waals surface area contributed by atoms with Gasteiger partial charge in [-0.3, -0.25) is 9.59 Å². The average molecular weight is 519 g/mol. The summed E-state index contributed by atoms with van der Waals surface area (Å²) in [5.41, 5.74) is 2.99. The largest absolute Gasteiger partial charge is 0.496 e. The van der Waals surface area contributed by atoms with E-state index in [0.29, 0.717) is 30.2 Å². The zero-order valence-electron chi connectivity index (χ0n) is 22.9. The predicted octanol–water partition coefficient (Wildman–Crippen LogP) is 4.80. The fourth-order valence-electron chi connectivity index (χ4n) is 4.04. The molecule has 0 aliphatic heterocycles. The molecule has 0 heterocycles. The lowest BCUT2D eigenvalue weighted by atomic mass is 10.0. The zero-order valence-corrected chi connectivity index (χ0v) is 22.9. The number of carbonyl (C=O) groups excluding carboxylic acids is 2. The maximum Gasteiger partial charge on any atom is 0.261 e. The second-order valence-corrected chi connectivity index (χ2v) is 9.63. The van der Waals surface area contributed by atoms with Gasteiger partial charge in [0.2, 0.25) is 5.91 Å². The molecule has 1 N–H and O–H groups in total. The highest BCUT2D eigenvalue weighted by Gasteiger charge is 2.31. The van der Waals surface area contributed by atoms with Crippen molar-refractivity contribution in [2.75, 3.05) is 27.4 Å². The highest BCUT2D eigenvalue weighted by molar-refractivity contribution is 5.88. The first-order chi connectivity index (χ1) is 18.3. The van der Waals surface area contributed by atoms with Crippen molar-refractivity contribution in [1.29, 1.82) is 0 Å². The van der Waals surface area contributed by atoms with Crippen LogP contribution in [0.15, 0.2) is 72.8 Å². The molecule has 0 aliphatic rings. The molecule has 0 aliphatic carbocycles. The number of nitrogens with zero attached hydrogens (tertiary/aromatic N) is 1. The van der Waals surface area contributed by atoms with Gasteiger partial charge >= 0.3 is 0 Å². The number of amides is 2. The van der Waals surface area contributed by atoms with E-state index in [1.807, 2.05) is 75.4 Å². The molecule has 202 valence electrons. The van der Waals surface area contributed by atoms with Gasteiger partial charge in [-0.25, -0.2) is 0 Å². The van der Waals surface area contributed by atoms with Crippen LogP contribution >= 0.6 is 0 Å². The van der Waals surface area contributed by atoms with Crippen molar-refractivity contribution in [1.82, 2.24) is 10.2 Å². The van der Waals surface area contributed by atoms with E-state index in [9.17, 15) is 9.59 Å². The van der Waals surface area contributed by atoms with Crippen molar-refractivity contribution in [3.63, 3.8) is 0 Å². The number of benzene rings is 3. The van der Waals surface area contributed by atoms with Gasteiger partial charge in [0.15, 0.2) is 6.61 Å². The summed E-state index contributed by atoms with van der Waals surface area (Å²) in [6.45, 7) is 6.64. The molecule has 3 rings (SSSR count). The predicted molar refractivity (Wildman–Crippen MR) is 149 cm³/mol. The summed E-state index contributed by atoms with van der Waals surface area (Å²) in [5.74, 6) is 1.35. The molecule has 0 fully saturated rings. The van der Waals surface area contributed by atoms with Crippen LogP contribution in [0.5, 0.6) is 17.2 Å². The molecular formula is C31H38N2O5. The minimum absolute atomic E-state index is 0.187. The molecule has 0 spiro atoms. The molecule has 0 saturated heterocycles. The summed E-state index contributed by atoms with van der Waals surface area (Å²) in [6.07, 6.45) is 0.384. The Morgan fingerprint density at radius 1 is 0.868 bits per heavy atom. The van der Waals surface area contributed by atoms with Crippen LogP contribution in [0.4, 0.5) is 0 Å². The quantitative estimate of drug-likeness (QED) is 0.352. The van der Waals surface area contributed by atoms with Crippen molar-refractivity contribution in [3.05, 3.63) is 89.5 Å². The first kappa shape index (κ1) is 28.6. The van der Waals surface area contributed by atoms with Gasteiger partial charge in [0.25, 0.3) is 5.91 Å². The summed E-state index contributed by atoms with van der Waals surface area (Å²) in [5, 5.41) is 3.04. The Morgan fingerprint density at radius 2 is 1.47 bits per heavy atom. The fraction of sp³-hybridized carbons (Fsp3) is 0.355. The Labute approximate surface area is 225 Å². The maximum atomic E-state index is 13.8. The minimum Gasteiger partial charge on any atom is -0.496 e. The van der Waals surface area contributed by atoms with Crippen molar-refractivity contribution in [2.45, 2.75) is 39.8 Å². The molecule has 3 aromatic rings. The molecule has 0 radical (unpaired) electrons. The summed E-state index contributed by atoms with van der Waals surface area (Å²) in [7, 11) is 3.11. The van der Waals surface area contributed by atoms with Crippen molar-refractivity contribution in [3.8, 4) is 17.2 Å². The summed E-state index contributed by atoms with van der Waals surface area (Å²) in [4.78, 5) is 28.9. The summed E-state index contributed by atoms with van der Waals surface area (Å²) < 4.78 is 16.5. The number of ether oxygens (including phenoxy) is 3. The number of methoxy groups -OCH3 is 2.